The molecule has 1 aliphatic heterocycles. The van der Waals surface area contributed by atoms with E-state index in [0.717, 1.165) is 27.8 Å². The molecule has 8 nitrogen and oxygen atoms in total. The second-order valence-corrected chi connectivity index (χ2v) is 8.94. The number of aryl methyl sites for hydroxylation is 1. The van der Waals surface area contributed by atoms with E-state index in [-0.39, 0.29) is 6.54 Å². The summed E-state index contributed by atoms with van der Waals surface area (Å²) in [5.41, 5.74) is 4.80. The molecule has 4 rings (SSSR count). The molecule has 8 heteroatoms. The minimum absolute atomic E-state index is 0.158. The van der Waals surface area contributed by atoms with Crippen LogP contribution in [0, 0.1) is 13.8 Å². The van der Waals surface area contributed by atoms with Crippen LogP contribution < -0.4 is 19.1 Å². The monoisotopic (exact) mass is 505 g/mol. The van der Waals surface area contributed by atoms with Gasteiger partial charge in [0.2, 0.25) is 0 Å². The van der Waals surface area contributed by atoms with Gasteiger partial charge >= 0.3 is 5.97 Å². The van der Waals surface area contributed by atoms with E-state index in [9.17, 15) is 14.7 Å². The number of methoxy groups -OCH3 is 3. The fourth-order valence-electron chi connectivity index (χ4n) is 4.71. The molecule has 194 valence electrons. The van der Waals surface area contributed by atoms with Crippen molar-refractivity contribution in [2.24, 2.45) is 0 Å². The summed E-state index contributed by atoms with van der Waals surface area (Å²) < 4.78 is 22.8. The number of ether oxygens (including phenoxy) is 4. The number of carbonyl (C=O) groups excluding carboxylic acids is 1. The third kappa shape index (κ3) is 5.24. The van der Waals surface area contributed by atoms with Gasteiger partial charge in [0, 0.05) is 17.2 Å². The molecule has 0 saturated carbocycles. The van der Waals surface area contributed by atoms with E-state index in [2.05, 4.69) is 0 Å². The number of carboxylic acid groups (broad SMARTS) is 1. The maximum atomic E-state index is 13.9. The van der Waals surface area contributed by atoms with E-state index in [1.54, 1.807) is 38.4 Å². The molecule has 1 N–H and O–H groups in total. The molecule has 1 aliphatic rings. The maximum absolute atomic E-state index is 13.9. The lowest BCUT2D eigenvalue weighted by molar-refractivity contribution is -0.147. The van der Waals surface area contributed by atoms with Gasteiger partial charge in [-0.25, -0.2) is 0 Å². The van der Waals surface area contributed by atoms with E-state index < -0.39 is 30.5 Å². The quantitative estimate of drug-likeness (QED) is 0.469. The average Bonchev–Trinajstić information content (AvgIpc) is 2.99. The van der Waals surface area contributed by atoms with Crippen molar-refractivity contribution < 1.29 is 33.6 Å². The number of nitrogens with zero attached hydrogens (tertiary/aromatic N) is 1. The molecule has 0 aromatic heterocycles. The molecule has 1 heterocycles. The summed E-state index contributed by atoms with van der Waals surface area (Å²) in [5, 5.41) is 9.64. The van der Waals surface area contributed by atoms with Crippen molar-refractivity contribution >= 4 is 17.6 Å². The van der Waals surface area contributed by atoms with Crippen molar-refractivity contribution in [1.29, 1.82) is 0 Å². The Morgan fingerprint density at radius 3 is 2.38 bits per heavy atom. The molecule has 0 aliphatic carbocycles. The predicted molar refractivity (Wildman–Crippen MR) is 139 cm³/mol. The molecule has 37 heavy (non-hydrogen) atoms. The van der Waals surface area contributed by atoms with Crippen LogP contribution in [0.4, 0.5) is 5.69 Å². The van der Waals surface area contributed by atoms with Gasteiger partial charge in [-0.3, -0.25) is 9.59 Å². The smallest absolute Gasteiger partial charge is 0.306 e. The van der Waals surface area contributed by atoms with Crippen molar-refractivity contribution in [3.05, 3.63) is 82.4 Å². The Bertz CT molecular complexity index is 1320. The van der Waals surface area contributed by atoms with Gasteiger partial charge in [0.15, 0.2) is 0 Å². The summed E-state index contributed by atoms with van der Waals surface area (Å²) in [4.78, 5) is 27.3. The molecular weight excluding hydrogens is 474 g/mol. The van der Waals surface area contributed by atoms with Crippen LogP contribution in [0.2, 0.25) is 0 Å². The summed E-state index contributed by atoms with van der Waals surface area (Å²) >= 11 is 0. The average molecular weight is 506 g/mol. The van der Waals surface area contributed by atoms with Gasteiger partial charge in [-0.15, -0.1) is 0 Å². The van der Waals surface area contributed by atoms with Crippen LogP contribution in [-0.4, -0.2) is 44.4 Å². The number of anilines is 1. The Labute approximate surface area is 216 Å². The number of fused-ring (bicyclic) bond motifs is 1. The van der Waals surface area contributed by atoms with Crippen LogP contribution >= 0.6 is 0 Å². The SMILES string of the molecule is COc1ccc(CN2C(=O)C(CC(=O)O)OC(c3cccc(OC)c3C)c3cc(C)ccc32)c(OC)c1. The molecule has 0 bridgehead atoms. The second-order valence-electron chi connectivity index (χ2n) is 8.94. The highest BCUT2D eigenvalue weighted by Crippen LogP contribution is 2.42. The van der Waals surface area contributed by atoms with Crippen LogP contribution in [0.1, 0.15) is 40.3 Å². The maximum Gasteiger partial charge on any atom is 0.306 e. The highest BCUT2D eigenvalue weighted by Gasteiger charge is 2.38. The predicted octanol–water partition coefficient (Wildman–Crippen LogP) is 4.83. The van der Waals surface area contributed by atoms with Gasteiger partial charge in [-0.05, 0) is 49.2 Å². The number of aliphatic carboxylic acids is 1. The van der Waals surface area contributed by atoms with Gasteiger partial charge < -0.3 is 29.0 Å². The topological polar surface area (TPSA) is 94.5 Å². The Morgan fingerprint density at radius 2 is 1.70 bits per heavy atom. The van der Waals surface area contributed by atoms with E-state index in [1.165, 1.54) is 0 Å². The minimum atomic E-state index is -1.20. The lowest BCUT2D eigenvalue weighted by Gasteiger charge is -2.26. The van der Waals surface area contributed by atoms with Crippen LogP contribution in [-0.2, 0) is 20.9 Å². The molecular formula is C29H31NO7. The number of carboxylic acids is 1. The summed E-state index contributed by atoms with van der Waals surface area (Å²) in [6.45, 7) is 4.05. The van der Waals surface area contributed by atoms with Crippen molar-refractivity contribution in [2.45, 2.75) is 39.0 Å². The van der Waals surface area contributed by atoms with Crippen molar-refractivity contribution in [3.63, 3.8) is 0 Å². The number of hydrogen-bond acceptors (Lipinski definition) is 6. The van der Waals surface area contributed by atoms with Crippen molar-refractivity contribution in [3.8, 4) is 17.2 Å². The first-order valence-electron chi connectivity index (χ1n) is 11.9. The number of rotatable bonds is 8. The molecule has 0 spiro atoms. The summed E-state index contributed by atoms with van der Waals surface area (Å²) in [6.07, 6.45) is -2.35. The summed E-state index contributed by atoms with van der Waals surface area (Å²) in [5.74, 6) is 0.304. The van der Waals surface area contributed by atoms with E-state index in [0.29, 0.717) is 22.9 Å². The molecule has 2 atom stereocenters. The van der Waals surface area contributed by atoms with Gasteiger partial charge in [0.25, 0.3) is 5.91 Å². The molecule has 0 saturated heterocycles. The van der Waals surface area contributed by atoms with Crippen molar-refractivity contribution in [2.75, 3.05) is 26.2 Å². The van der Waals surface area contributed by atoms with Gasteiger partial charge in [-0.2, -0.15) is 0 Å². The van der Waals surface area contributed by atoms with E-state index in [1.807, 2.05) is 56.3 Å². The molecule has 0 radical (unpaired) electrons. The van der Waals surface area contributed by atoms with Crippen LogP contribution in [0.5, 0.6) is 17.2 Å². The fraction of sp³-hybridized carbons (Fsp3) is 0.310. The lowest BCUT2D eigenvalue weighted by atomic mass is 9.94. The molecule has 0 fully saturated rings. The molecule has 3 aromatic rings. The number of carbonyl (C=O) groups is 2. The number of amides is 1. The van der Waals surface area contributed by atoms with E-state index in [4.69, 9.17) is 18.9 Å². The Morgan fingerprint density at radius 1 is 0.946 bits per heavy atom. The molecule has 2 unspecified atom stereocenters. The first-order valence-corrected chi connectivity index (χ1v) is 11.9. The second kappa shape index (κ2) is 10.9. The first kappa shape index (κ1) is 26.0. The Balaban J connectivity index is 1.90. The summed E-state index contributed by atoms with van der Waals surface area (Å²) in [6, 6.07) is 16.8. The molecule has 3 aromatic carbocycles. The normalized spacial score (nSPS) is 17.1. The lowest BCUT2D eigenvalue weighted by Crippen LogP contribution is -2.40. The fourth-order valence-corrected chi connectivity index (χ4v) is 4.71. The summed E-state index contributed by atoms with van der Waals surface area (Å²) in [7, 11) is 4.72. The van der Waals surface area contributed by atoms with Gasteiger partial charge in [0.1, 0.15) is 29.5 Å². The van der Waals surface area contributed by atoms with E-state index >= 15 is 0 Å². The zero-order chi connectivity index (χ0) is 26.7. The largest absolute Gasteiger partial charge is 0.497 e. The van der Waals surface area contributed by atoms with Gasteiger partial charge in [0.05, 0.1) is 40.0 Å². The Hall–Kier alpha value is -4.04. The third-order valence-electron chi connectivity index (χ3n) is 6.61. The first-order chi connectivity index (χ1) is 17.8. The van der Waals surface area contributed by atoms with Crippen LogP contribution in [0.15, 0.2) is 54.6 Å². The van der Waals surface area contributed by atoms with Crippen molar-refractivity contribution in [1.82, 2.24) is 0 Å². The third-order valence-corrected chi connectivity index (χ3v) is 6.61. The zero-order valence-electron chi connectivity index (χ0n) is 21.6. The van der Waals surface area contributed by atoms with Gasteiger partial charge in [-0.1, -0.05) is 29.8 Å². The minimum Gasteiger partial charge on any atom is -0.497 e. The zero-order valence-corrected chi connectivity index (χ0v) is 21.6. The Kier molecular flexibility index (Phi) is 7.69. The number of hydrogen-bond donors (Lipinski definition) is 1. The van der Waals surface area contributed by atoms with Crippen LogP contribution in [0.25, 0.3) is 0 Å². The van der Waals surface area contributed by atoms with Crippen LogP contribution in [0.3, 0.4) is 0 Å². The standard InChI is InChI=1S/C29H31NO7/c1-17-9-12-23-22(13-17)28(21-7-6-8-24(35-4)18(21)2)37-26(15-27(31)32)29(33)30(23)16-19-10-11-20(34-3)14-25(19)36-5/h6-14,26,28H,15-16H2,1-5H3,(H,31,32). The highest BCUT2D eigenvalue weighted by atomic mass is 16.5. The number of benzene rings is 3. The highest BCUT2D eigenvalue weighted by molar-refractivity contribution is 5.99. The molecule has 1 amide bonds.